The number of aromatic nitrogens is 2. The van der Waals surface area contributed by atoms with Crippen LogP contribution in [-0.4, -0.2) is 35.9 Å². The topological polar surface area (TPSA) is 41.0 Å². The fraction of sp³-hybridized carbons (Fsp3) is 0.600. The molecule has 4 heteroatoms. The molecular formula is C10H16N4. The molecule has 14 heavy (non-hydrogen) atoms. The van der Waals surface area contributed by atoms with Crippen LogP contribution in [0.5, 0.6) is 0 Å². The largest absolute Gasteiger partial charge is 0.350 e. The first-order valence-corrected chi connectivity index (χ1v) is 5.05. The Morgan fingerprint density at radius 1 is 1.43 bits per heavy atom. The number of hydrogen-bond acceptors (Lipinski definition) is 4. The minimum atomic E-state index is 0.501. The molecule has 1 fully saturated rings. The van der Waals surface area contributed by atoms with Gasteiger partial charge in [0.2, 0.25) is 0 Å². The predicted molar refractivity (Wildman–Crippen MR) is 56.4 cm³/mol. The Hall–Kier alpha value is -1.16. The smallest absolute Gasteiger partial charge is 0.151 e. The molecule has 1 atom stereocenters. The van der Waals surface area contributed by atoms with Crippen LogP contribution >= 0.6 is 0 Å². The lowest BCUT2D eigenvalue weighted by Crippen LogP contribution is -2.50. The van der Waals surface area contributed by atoms with Crippen LogP contribution in [0.2, 0.25) is 0 Å². The molecule has 1 N–H and O–H groups in total. The molecule has 0 spiro atoms. The van der Waals surface area contributed by atoms with Crippen LogP contribution in [0, 0.1) is 6.92 Å². The molecule has 0 aliphatic carbocycles. The van der Waals surface area contributed by atoms with Gasteiger partial charge >= 0.3 is 0 Å². The lowest BCUT2D eigenvalue weighted by Gasteiger charge is -2.34. The monoisotopic (exact) mass is 192 g/mol. The van der Waals surface area contributed by atoms with E-state index in [9.17, 15) is 0 Å². The van der Waals surface area contributed by atoms with Gasteiger partial charge in [-0.3, -0.25) is 0 Å². The average Bonchev–Trinajstić information content (AvgIpc) is 2.20. The van der Waals surface area contributed by atoms with Crippen molar-refractivity contribution in [3.05, 3.63) is 17.8 Å². The first-order chi connectivity index (χ1) is 6.77. The van der Waals surface area contributed by atoms with E-state index >= 15 is 0 Å². The van der Waals surface area contributed by atoms with Gasteiger partial charge < -0.3 is 10.2 Å². The van der Waals surface area contributed by atoms with E-state index in [1.54, 1.807) is 0 Å². The summed E-state index contributed by atoms with van der Waals surface area (Å²) in [6.07, 6.45) is 0. The molecule has 2 heterocycles. The van der Waals surface area contributed by atoms with Crippen molar-refractivity contribution in [3.8, 4) is 0 Å². The van der Waals surface area contributed by atoms with Gasteiger partial charge in [-0.2, -0.15) is 5.10 Å². The second-order valence-corrected chi connectivity index (χ2v) is 3.78. The molecule has 1 aliphatic heterocycles. The van der Waals surface area contributed by atoms with Crippen molar-refractivity contribution in [2.24, 2.45) is 0 Å². The highest BCUT2D eigenvalue weighted by atomic mass is 15.3. The molecular weight excluding hydrogens is 176 g/mol. The van der Waals surface area contributed by atoms with Crippen LogP contribution < -0.4 is 10.2 Å². The van der Waals surface area contributed by atoms with Crippen LogP contribution in [0.1, 0.15) is 12.6 Å². The summed E-state index contributed by atoms with van der Waals surface area (Å²) in [5.74, 6) is 0.990. The average molecular weight is 192 g/mol. The Bertz CT molecular complexity index is 295. The summed E-state index contributed by atoms with van der Waals surface area (Å²) in [6.45, 7) is 7.22. The van der Waals surface area contributed by atoms with Gasteiger partial charge in [-0.05, 0) is 26.0 Å². The summed E-state index contributed by atoms with van der Waals surface area (Å²) in [4.78, 5) is 2.29. The van der Waals surface area contributed by atoms with Gasteiger partial charge in [0.1, 0.15) is 0 Å². The number of piperazine rings is 1. The van der Waals surface area contributed by atoms with Gasteiger partial charge in [0.25, 0.3) is 0 Å². The minimum Gasteiger partial charge on any atom is -0.350 e. The van der Waals surface area contributed by atoms with Crippen LogP contribution in [0.4, 0.5) is 5.82 Å². The second kappa shape index (κ2) is 3.92. The third kappa shape index (κ3) is 1.85. The summed E-state index contributed by atoms with van der Waals surface area (Å²) in [5, 5.41) is 11.6. The van der Waals surface area contributed by atoms with Gasteiger partial charge in [0.15, 0.2) is 5.82 Å². The number of aryl methyl sites for hydroxylation is 1. The zero-order valence-electron chi connectivity index (χ0n) is 8.70. The van der Waals surface area contributed by atoms with Gasteiger partial charge in [-0.1, -0.05) is 0 Å². The van der Waals surface area contributed by atoms with E-state index < -0.39 is 0 Å². The van der Waals surface area contributed by atoms with Crippen molar-refractivity contribution in [2.75, 3.05) is 24.5 Å². The maximum absolute atomic E-state index is 4.20. The van der Waals surface area contributed by atoms with Crippen LogP contribution in [0.3, 0.4) is 0 Å². The van der Waals surface area contributed by atoms with Crippen molar-refractivity contribution in [2.45, 2.75) is 19.9 Å². The first kappa shape index (κ1) is 9.40. The fourth-order valence-electron chi connectivity index (χ4n) is 1.73. The molecule has 2 rings (SSSR count). The molecule has 0 aromatic carbocycles. The Kier molecular flexibility index (Phi) is 2.63. The van der Waals surface area contributed by atoms with Crippen molar-refractivity contribution in [3.63, 3.8) is 0 Å². The lowest BCUT2D eigenvalue weighted by molar-refractivity contribution is 0.495. The number of anilines is 1. The van der Waals surface area contributed by atoms with E-state index in [-0.39, 0.29) is 0 Å². The number of nitrogens with one attached hydrogen (secondary N) is 1. The maximum atomic E-state index is 4.20. The summed E-state index contributed by atoms with van der Waals surface area (Å²) in [5.41, 5.74) is 0.969. The van der Waals surface area contributed by atoms with E-state index in [1.807, 2.05) is 19.1 Å². The standard InChI is InChI=1S/C10H16N4/c1-8-3-4-10(13-12-8)14-6-5-11-7-9(14)2/h3-4,9,11H,5-7H2,1-2H3. The minimum absolute atomic E-state index is 0.501. The molecule has 4 nitrogen and oxygen atoms in total. The predicted octanol–water partition coefficient (Wildman–Crippen LogP) is 0.583. The lowest BCUT2D eigenvalue weighted by atomic mass is 10.2. The van der Waals surface area contributed by atoms with Gasteiger partial charge in [-0.25, -0.2) is 0 Å². The molecule has 1 unspecified atom stereocenters. The second-order valence-electron chi connectivity index (χ2n) is 3.78. The zero-order valence-corrected chi connectivity index (χ0v) is 8.70. The van der Waals surface area contributed by atoms with Crippen molar-refractivity contribution < 1.29 is 0 Å². The summed E-state index contributed by atoms with van der Waals surface area (Å²) in [6, 6.07) is 4.56. The quantitative estimate of drug-likeness (QED) is 0.707. The van der Waals surface area contributed by atoms with Gasteiger partial charge in [0.05, 0.1) is 5.69 Å². The van der Waals surface area contributed by atoms with Crippen LogP contribution in [-0.2, 0) is 0 Å². The number of hydrogen-bond donors (Lipinski definition) is 1. The number of nitrogens with zero attached hydrogens (tertiary/aromatic N) is 3. The SMILES string of the molecule is Cc1ccc(N2CCNCC2C)nn1. The Balaban J connectivity index is 2.16. The molecule has 0 bridgehead atoms. The maximum Gasteiger partial charge on any atom is 0.151 e. The highest BCUT2D eigenvalue weighted by Gasteiger charge is 2.18. The Morgan fingerprint density at radius 2 is 2.29 bits per heavy atom. The first-order valence-electron chi connectivity index (χ1n) is 5.05. The molecule has 1 saturated heterocycles. The van der Waals surface area contributed by atoms with E-state index in [2.05, 4.69) is 27.3 Å². The Labute approximate surface area is 84.3 Å². The Morgan fingerprint density at radius 3 is 2.93 bits per heavy atom. The summed E-state index contributed by atoms with van der Waals surface area (Å²) in [7, 11) is 0. The molecule has 0 saturated carbocycles. The normalized spacial score (nSPS) is 22.4. The molecule has 0 radical (unpaired) electrons. The molecule has 76 valence electrons. The van der Waals surface area contributed by atoms with Gasteiger partial charge in [0, 0.05) is 25.7 Å². The van der Waals surface area contributed by atoms with Crippen molar-refractivity contribution >= 4 is 5.82 Å². The summed E-state index contributed by atoms with van der Waals surface area (Å²) >= 11 is 0. The molecule has 1 aromatic heterocycles. The summed E-state index contributed by atoms with van der Waals surface area (Å²) < 4.78 is 0. The molecule has 0 amide bonds. The fourth-order valence-corrected chi connectivity index (χ4v) is 1.73. The van der Waals surface area contributed by atoms with Crippen molar-refractivity contribution in [1.82, 2.24) is 15.5 Å². The van der Waals surface area contributed by atoms with Crippen LogP contribution in [0.25, 0.3) is 0 Å². The highest BCUT2D eigenvalue weighted by Crippen LogP contribution is 2.13. The molecule has 1 aliphatic rings. The van der Waals surface area contributed by atoms with E-state index in [1.165, 1.54) is 0 Å². The third-order valence-corrected chi connectivity index (χ3v) is 2.58. The van der Waals surface area contributed by atoms with Crippen LogP contribution in [0.15, 0.2) is 12.1 Å². The molecule has 1 aromatic rings. The van der Waals surface area contributed by atoms with E-state index in [0.717, 1.165) is 31.1 Å². The van der Waals surface area contributed by atoms with Gasteiger partial charge in [-0.15, -0.1) is 5.10 Å². The van der Waals surface area contributed by atoms with E-state index in [0.29, 0.717) is 6.04 Å². The number of rotatable bonds is 1. The highest BCUT2D eigenvalue weighted by molar-refractivity contribution is 5.39. The van der Waals surface area contributed by atoms with E-state index in [4.69, 9.17) is 0 Å². The zero-order chi connectivity index (χ0) is 9.97. The van der Waals surface area contributed by atoms with Crippen molar-refractivity contribution in [1.29, 1.82) is 0 Å². The third-order valence-electron chi connectivity index (χ3n) is 2.58.